The molecule has 0 aliphatic carbocycles. The highest BCUT2D eigenvalue weighted by Gasteiger charge is 2.08. The van der Waals surface area contributed by atoms with Gasteiger partial charge in [-0.3, -0.25) is 4.79 Å². The number of amides is 1. The van der Waals surface area contributed by atoms with E-state index in [0.29, 0.717) is 19.1 Å². The molecule has 0 atom stereocenters. The Kier molecular flexibility index (Phi) is 7.72. The van der Waals surface area contributed by atoms with Gasteiger partial charge in [0.2, 0.25) is 5.91 Å². The van der Waals surface area contributed by atoms with Crippen LogP contribution in [0.1, 0.15) is 25.3 Å². The highest BCUT2D eigenvalue weighted by atomic mass is 16.5. The lowest BCUT2D eigenvalue weighted by Gasteiger charge is -2.14. The Bertz CT molecular complexity index is 925. The Hall–Kier alpha value is -3.47. The van der Waals surface area contributed by atoms with Crippen molar-refractivity contribution in [1.29, 1.82) is 0 Å². The molecule has 0 saturated carbocycles. The van der Waals surface area contributed by atoms with E-state index in [9.17, 15) is 4.79 Å². The van der Waals surface area contributed by atoms with E-state index >= 15 is 0 Å². The predicted octanol–water partition coefficient (Wildman–Crippen LogP) is 5.32. The average Bonchev–Trinajstić information content (AvgIpc) is 2.77. The fourth-order valence-electron chi connectivity index (χ4n) is 3.01. The Balaban J connectivity index is 1.41. The molecule has 0 saturated heterocycles. The van der Waals surface area contributed by atoms with Crippen LogP contribution in [0.15, 0.2) is 78.9 Å². The normalized spacial score (nSPS) is 10.5. The van der Waals surface area contributed by atoms with Crippen LogP contribution in [0.5, 0.6) is 11.5 Å². The lowest BCUT2D eigenvalue weighted by Crippen LogP contribution is -2.22. The molecule has 1 amide bonds. The smallest absolute Gasteiger partial charge is 0.243 e. The van der Waals surface area contributed by atoms with Gasteiger partial charge in [-0.2, -0.15) is 0 Å². The molecule has 0 fully saturated rings. The molecule has 0 heterocycles. The summed E-state index contributed by atoms with van der Waals surface area (Å²) in [6.45, 7) is 5.39. The number of rotatable bonds is 10. The van der Waals surface area contributed by atoms with Crippen molar-refractivity contribution in [1.82, 2.24) is 0 Å². The molecule has 5 nitrogen and oxygen atoms in total. The average molecular weight is 405 g/mol. The first-order chi connectivity index (χ1) is 14.6. The van der Waals surface area contributed by atoms with Crippen LogP contribution in [0.2, 0.25) is 0 Å². The maximum absolute atomic E-state index is 12.3. The number of hydrogen-bond donors (Lipinski definition) is 2. The van der Waals surface area contributed by atoms with Gasteiger partial charge in [0.05, 0.1) is 6.54 Å². The number of hydrogen-bond acceptors (Lipinski definition) is 4. The van der Waals surface area contributed by atoms with E-state index in [1.165, 1.54) is 5.56 Å². The van der Waals surface area contributed by atoms with E-state index in [-0.39, 0.29) is 12.5 Å². The maximum Gasteiger partial charge on any atom is 0.243 e. The highest BCUT2D eigenvalue weighted by molar-refractivity contribution is 5.93. The summed E-state index contributed by atoms with van der Waals surface area (Å²) in [6, 6.07) is 25.0. The molecule has 3 aromatic rings. The molecule has 156 valence electrons. The zero-order chi connectivity index (χ0) is 21.2. The van der Waals surface area contributed by atoms with E-state index < -0.39 is 0 Å². The van der Waals surface area contributed by atoms with Gasteiger partial charge in [0.25, 0.3) is 0 Å². The molecule has 3 rings (SSSR count). The summed E-state index contributed by atoms with van der Waals surface area (Å²) >= 11 is 0. The monoisotopic (exact) mass is 404 g/mol. The van der Waals surface area contributed by atoms with E-state index in [1.54, 1.807) is 0 Å². The van der Waals surface area contributed by atoms with Gasteiger partial charge in [0, 0.05) is 11.4 Å². The third kappa shape index (κ3) is 6.55. The van der Waals surface area contributed by atoms with Gasteiger partial charge in [-0.05, 0) is 53.9 Å². The summed E-state index contributed by atoms with van der Waals surface area (Å²) in [5.41, 5.74) is 2.92. The van der Waals surface area contributed by atoms with Gasteiger partial charge in [0.1, 0.15) is 24.7 Å². The minimum atomic E-state index is -0.0986. The SMILES string of the molecule is CC(C)c1ccccc1NCC(=O)Nc1ccc(OCCOc2ccccc2)cc1. The largest absolute Gasteiger partial charge is 0.490 e. The summed E-state index contributed by atoms with van der Waals surface area (Å²) in [5, 5.41) is 6.12. The number of nitrogens with one attached hydrogen (secondary N) is 2. The van der Waals surface area contributed by atoms with Gasteiger partial charge >= 0.3 is 0 Å². The summed E-state index contributed by atoms with van der Waals surface area (Å²) in [4.78, 5) is 12.3. The molecule has 0 spiro atoms. The van der Waals surface area contributed by atoms with Crippen molar-refractivity contribution in [3.63, 3.8) is 0 Å². The van der Waals surface area contributed by atoms with Crippen molar-refractivity contribution in [3.8, 4) is 11.5 Å². The van der Waals surface area contributed by atoms with E-state index in [4.69, 9.17) is 9.47 Å². The predicted molar refractivity (Wildman–Crippen MR) is 122 cm³/mol. The zero-order valence-electron chi connectivity index (χ0n) is 17.4. The van der Waals surface area contributed by atoms with Gasteiger partial charge in [-0.15, -0.1) is 0 Å². The van der Waals surface area contributed by atoms with Crippen LogP contribution in [0.4, 0.5) is 11.4 Å². The maximum atomic E-state index is 12.3. The molecule has 3 aromatic carbocycles. The molecule has 30 heavy (non-hydrogen) atoms. The molecular formula is C25H28N2O3. The fourth-order valence-corrected chi connectivity index (χ4v) is 3.01. The molecular weight excluding hydrogens is 376 g/mol. The quantitative estimate of drug-likeness (QED) is 0.449. The van der Waals surface area contributed by atoms with Crippen molar-refractivity contribution >= 4 is 17.3 Å². The molecule has 2 N–H and O–H groups in total. The third-order valence-corrected chi connectivity index (χ3v) is 4.52. The number of ether oxygens (including phenoxy) is 2. The standard InChI is InChI=1S/C25H28N2O3/c1-19(2)23-10-6-7-11-24(23)26-18-25(28)27-20-12-14-22(15-13-20)30-17-16-29-21-8-4-3-5-9-21/h3-15,19,26H,16-18H2,1-2H3,(H,27,28). The lowest BCUT2D eigenvalue weighted by molar-refractivity contribution is -0.114. The second kappa shape index (κ2) is 10.9. The van der Waals surface area contributed by atoms with Crippen molar-refractivity contribution in [3.05, 3.63) is 84.4 Å². The van der Waals surface area contributed by atoms with Gasteiger partial charge < -0.3 is 20.1 Å². The number of carbonyl (C=O) groups is 1. The Morgan fingerprint density at radius 3 is 2.07 bits per heavy atom. The van der Waals surface area contributed by atoms with Gasteiger partial charge in [0.15, 0.2) is 0 Å². The molecule has 0 aliphatic heterocycles. The van der Waals surface area contributed by atoms with Crippen LogP contribution in [0, 0.1) is 0 Å². The van der Waals surface area contributed by atoms with Gasteiger partial charge in [-0.1, -0.05) is 50.2 Å². The topological polar surface area (TPSA) is 59.6 Å². The lowest BCUT2D eigenvalue weighted by atomic mass is 10.0. The summed E-state index contributed by atoms with van der Waals surface area (Å²) < 4.78 is 11.3. The minimum Gasteiger partial charge on any atom is -0.490 e. The summed E-state index contributed by atoms with van der Waals surface area (Å²) in [5.74, 6) is 1.85. The Morgan fingerprint density at radius 1 is 0.800 bits per heavy atom. The minimum absolute atomic E-state index is 0.0986. The summed E-state index contributed by atoms with van der Waals surface area (Å²) in [7, 11) is 0. The van der Waals surface area contributed by atoms with Crippen LogP contribution in [0.25, 0.3) is 0 Å². The van der Waals surface area contributed by atoms with Crippen LogP contribution in [-0.2, 0) is 4.79 Å². The molecule has 0 radical (unpaired) electrons. The number of para-hydroxylation sites is 2. The van der Waals surface area contributed by atoms with Crippen molar-refractivity contribution in [2.45, 2.75) is 19.8 Å². The Morgan fingerprint density at radius 2 is 1.40 bits per heavy atom. The third-order valence-electron chi connectivity index (χ3n) is 4.52. The van der Waals surface area contributed by atoms with E-state index in [2.05, 4.69) is 30.5 Å². The highest BCUT2D eigenvalue weighted by Crippen LogP contribution is 2.23. The molecule has 5 heteroatoms. The molecule has 0 bridgehead atoms. The van der Waals surface area contributed by atoms with Crippen molar-refractivity contribution < 1.29 is 14.3 Å². The second-order valence-electron chi connectivity index (χ2n) is 7.18. The number of benzene rings is 3. The Labute approximate surface area is 178 Å². The molecule has 0 unspecified atom stereocenters. The second-order valence-corrected chi connectivity index (χ2v) is 7.18. The first-order valence-corrected chi connectivity index (χ1v) is 10.1. The van der Waals surface area contributed by atoms with E-state index in [0.717, 1.165) is 22.9 Å². The molecule has 0 aromatic heterocycles. The van der Waals surface area contributed by atoms with Crippen LogP contribution in [-0.4, -0.2) is 25.7 Å². The first-order valence-electron chi connectivity index (χ1n) is 10.1. The van der Waals surface area contributed by atoms with Crippen molar-refractivity contribution in [2.24, 2.45) is 0 Å². The van der Waals surface area contributed by atoms with Crippen molar-refractivity contribution in [2.75, 3.05) is 30.4 Å². The van der Waals surface area contributed by atoms with Gasteiger partial charge in [-0.25, -0.2) is 0 Å². The van der Waals surface area contributed by atoms with Crippen LogP contribution in [0.3, 0.4) is 0 Å². The number of carbonyl (C=O) groups excluding carboxylic acids is 1. The fraction of sp³-hybridized carbons (Fsp3) is 0.240. The van der Waals surface area contributed by atoms with Crippen LogP contribution >= 0.6 is 0 Å². The van der Waals surface area contributed by atoms with Crippen LogP contribution < -0.4 is 20.1 Å². The molecule has 0 aliphatic rings. The zero-order valence-corrected chi connectivity index (χ0v) is 17.4. The summed E-state index contributed by atoms with van der Waals surface area (Å²) in [6.07, 6.45) is 0. The first kappa shape index (κ1) is 21.2. The number of anilines is 2. The van der Waals surface area contributed by atoms with E-state index in [1.807, 2.05) is 72.8 Å².